The van der Waals surface area contributed by atoms with Crippen LogP contribution in [-0.4, -0.2) is 76.0 Å². The predicted molar refractivity (Wildman–Crippen MR) is 85.0 cm³/mol. The van der Waals surface area contributed by atoms with Crippen LogP contribution in [0.25, 0.3) is 0 Å². The number of nitrogens with zero attached hydrogens (tertiary/aromatic N) is 4. The third kappa shape index (κ3) is 4.12. The van der Waals surface area contributed by atoms with Crippen molar-refractivity contribution in [3.63, 3.8) is 0 Å². The minimum Gasteiger partial charge on any atom is -0.424 e. The van der Waals surface area contributed by atoms with Gasteiger partial charge in [-0.25, -0.2) is 0 Å². The first kappa shape index (κ1) is 17.3. The van der Waals surface area contributed by atoms with Crippen LogP contribution in [0.2, 0.25) is 0 Å². The summed E-state index contributed by atoms with van der Waals surface area (Å²) in [6, 6.07) is -0.156. The molecule has 1 saturated heterocycles. The van der Waals surface area contributed by atoms with Crippen LogP contribution in [0.4, 0.5) is 0 Å². The van der Waals surface area contributed by atoms with Gasteiger partial charge in [0.2, 0.25) is 11.8 Å². The Bertz CT molecular complexity index is 574. The normalized spacial score (nSPS) is 25.5. The van der Waals surface area contributed by atoms with Crippen molar-refractivity contribution in [2.75, 3.05) is 26.7 Å². The molecule has 1 aliphatic carbocycles. The van der Waals surface area contributed by atoms with E-state index >= 15 is 0 Å². The molecule has 0 aromatic carbocycles. The van der Waals surface area contributed by atoms with E-state index in [2.05, 4.69) is 10.2 Å². The molecule has 0 radical (unpaired) electrons. The SMILES string of the molecule is Cc1nnc(CN(C)[C@@H]2CN(C(=O)[C@H](C)OCC3CC3)C[C@H]2O)o1. The fourth-order valence-corrected chi connectivity index (χ4v) is 3.01. The van der Waals surface area contributed by atoms with Crippen molar-refractivity contribution >= 4 is 5.91 Å². The quantitative estimate of drug-likeness (QED) is 0.759. The average molecular weight is 338 g/mol. The van der Waals surface area contributed by atoms with Gasteiger partial charge in [0.15, 0.2) is 0 Å². The smallest absolute Gasteiger partial charge is 0.251 e. The average Bonchev–Trinajstić information content (AvgIpc) is 3.17. The Labute approximate surface area is 141 Å². The van der Waals surface area contributed by atoms with Crippen LogP contribution < -0.4 is 0 Å². The summed E-state index contributed by atoms with van der Waals surface area (Å²) < 4.78 is 11.0. The second kappa shape index (κ2) is 7.16. The molecule has 8 heteroatoms. The van der Waals surface area contributed by atoms with Gasteiger partial charge in [-0.2, -0.15) is 0 Å². The molecule has 2 fully saturated rings. The van der Waals surface area contributed by atoms with Gasteiger partial charge in [0.1, 0.15) is 6.10 Å². The number of aliphatic hydroxyl groups excluding tert-OH is 1. The minimum absolute atomic E-state index is 0.0563. The van der Waals surface area contributed by atoms with Crippen LogP contribution in [0, 0.1) is 12.8 Å². The number of hydrogen-bond acceptors (Lipinski definition) is 7. The maximum absolute atomic E-state index is 12.5. The van der Waals surface area contributed by atoms with Crippen LogP contribution >= 0.6 is 0 Å². The highest BCUT2D eigenvalue weighted by atomic mass is 16.5. The Morgan fingerprint density at radius 2 is 2.21 bits per heavy atom. The zero-order chi connectivity index (χ0) is 17.3. The molecular formula is C16H26N4O4. The van der Waals surface area contributed by atoms with Gasteiger partial charge in [0, 0.05) is 20.0 Å². The van der Waals surface area contributed by atoms with Crippen molar-refractivity contribution in [1.29, 1.82) is 0 Å². The number of likely N-dealkylation sites (N-methyl/N-ethyl adjacent to an activating group) is 1. The van der Waals surface area contributed by atoms with E-state index in [1.807, 2.05) is 11.9 Å². The first-order valence-corrected chi connectivity index (χ1v) is 8.51. The van der Waals surface area contributed by atoms with Crippen molar-refractivity contribution in [1.82, 2.24) is 20.0 Å². The van der Waals surface area contributed by atoms with Crippen LogP contribution in [0.15, 0.2) is 4.42 Å². The molecule has 1 aliphatic heterocycles. The topological polar surface area (TPSA) is 91.9 Å². The van der Waals surface area contributed by atoms with Crippen molar-refractivity contribution in [2.45, 2.75) is 51.5 Å². The first-order valence-electron chi connectivity index (χ1n) is 8.51. The molecule has 2 heterocycles. The summed E-state index contributed by atoms with van der Waals surface area (Å²) in [4.78, 5) is 16.1. The Morgan fingerprint density at radius 1 is 1.46 bits per heavy atom. The molecule has 1 N–H and O–H groups in total. The van der Waals surface area contributed by atoms with Gasteiger partial charge in [-0.15, -0.1) is 10.2 Å². The summed E-state index contributed by atoms with van der Waals surface area (Å²) in [6.07, 6.45) is 1.34. The zero-order valence-corrected chi connectivity index (χ0v) is 14.5. The molecule has 3 atom stereocenters. The summed E-state index contributed by atoms with van der Waals surface area (Å²) in [5, 5.41) is 18.1. The van der Waals surface area contributed by atoms with Gasteiger partial charge in [-0.1, -0.05) is 0 Å². The number of amides is 1. The lowest BCUT2D eigenvalue weighted by Crippen LogP contribution is -2.41. The summed E-state index contributed by atoms with van der Waals surface area (Å²) in [7, 11) is 1.88. The van der Waals surface area contributed by atoms with Gasteiger partial charge in [-0.3, -0.25) is 9.69 Å². The van der Waals surface area contributed by atoms with Crippen LogP contribution in [0.1, 0.15) is 31.5 Å². The predicted octanol–water partition coefficient (Wildman–Crippen LogP) is 0.197. The number of hydrogen-bond donors (Lipinski definition) is 1. The third-order valence-corrected chi connectivity index (χ3v) is 4.72. The molecule has 0 spiro atoms. The number of aryl methyl sites for hydroxylation is 1. The lowest BCUT2D eigenvalue weighted by molar-refractivity contribution is -0.142. The zero-order valence-electron chi connectivity index (χ0n) is 14.5. The van der Waals surface area contributed by atoms with Gasteiger partial charge in [0.25, 0.3) is 5.91 Å². The first-order chi connectivity index (χ1) is 11.4. The van der Waals surface area contributed by atoms with Gasteiger partial charge >= 0.3 is 0 Å². The van der Waals surface area contributed by atoms with E-state index in [0.717, 1.165) is 0 Å². The van der Waals surface area contributed by atoms with E-state index in [9.17, 15) is 9.90 Å². The van der Waals surface area contributed by atoms with Crippen molar-refractivity contribution in [3.05, 3.63) is 11.8 Å². The van der Waals surface area contributed by atoms with Crippen LogP contribution in [0.5, 0.6) is 0 Å². The lowest BCUT2D eigenvalue weighted by atomic mass is 10.2. The Balaban J connectivity index is 1.51. The second-order valence-corrected chi connectivity index (χ2v) is 6.93. The maximum atomic E-state index is 12.5. The Hall–Kier alpha value is -1.51. The highest BCUT2D eigenvalue weighted by Crippen LogP contribution is 2.29. The van der Waals surface area contributed by atoms with E-state index in [0.29, 0.717) is 43.9 Å². The van der Waals surface area contributed by atoms with Crippen molar-refractivity contribution in [2.24, 2.45) is 5.92 Å². The standard InChI is InChI=1S/C16H26N4O4/c1-10(23-9-12-4-5-12)16(22)20-6-13(14(21)7-20)19(3)8-15-18-17-11(2)24-15/h10,12-14,21H,4-9H2,1-3H3/t10-,13+,14+/m0/s1. The molecule has 1 saturated carbocycles. The highest BCUT2D eigenvalue weighted by Gasteiger charge is 2.38. The van der Waals surface area contributed by atoms with E-state index < -0.39 is 12.2 Å². The second-order valence-electron chi connectivity index (χ2n) is 6.93. The molecule has 24 heavy (non-hydrogen) atoms. The number of aliphatic hydroxyl groups is 1. The van der Waals surface area contributed by atoms with Crippen LogP contribution in [-0.2, 0) is 16.1 Å². The fourth-order valence-electron chi connectivity index (χ4n) is 3.01. The van der Waals surface area contributed by atoms with Crippen molar-refractivity contribution < 1.29 is 19.1 Å². The summed E-state index contributed by atoms with van der Waals surface area (Å²) >= 11 is 0. The molecule has 0 bridgehead atoms. The molecule has 1 amide bonds. The van der Waals surface area contributed by atoms with Gasteiger partial charge in [0.05, 0.1) is 25.3 Å². The Kier molecular flexibility index (Phi) is 5.17. The van der Waals surface area contributed by atoms with Gasteiger partial charge in [-0.05, 0) is 32.7 Å². The number of carbonyl (C=O) groups excluding carboxylic acids is 1. The number of rotatable bonds is 7. The Morgan fingerprint density at radius 3 is 2.83 bits per heavy atom. The number of aromatic nitrogens is 2. The lowest BCUT2D eigenvalue weighted by Gasteiger charge is -2.25. The molecule has 3 rings (SSSR count). The van der Waals surface area contributed by atoms with Crippen molar-refractivity contribution in [3.8, 4) is 0 Å². The van der Waals surface area contributed by atoms with E-state index in [1.165, 1.54) is 12.8 Å². The van der Waals surface area contributed by atoms with E-state index in [-0.39, 0.29) is 11.9 Å². The summed E-state index contributed by atoms with van der Waals surface area (Å²) in [6.45, 7) is 5.43. The number of likely N-dealkylation sites (tertiary alicyclic amines) is 1. The molecular weight excluding hydrogens is 312 g/mol. The number of ether oxygens (including phenoxy) is 1. The largest absolute Gasteiger partial charge is 0.424 e. The molecule has 2 aliphatic rings. The molecule has 134 valence electrons. The maximum Gasteiger partial charge on any atom is 0.251 e. The van der Waals surface area contributed by atoms with E-state index in [1.54, 1.807) is 18.7 Å². The number of β-amino-alcohol motifs (C(OH)–C–C–N with tert-alkyl or cyclic N) is 1. The molecule has 1 aromatic rings. The van der Waals surface area contributed by atoms with Crippen LogP contribution in [0.3, 0.4) is 0 Å². The van der Waals surface area contributed by atoms with E-state index in [4.69, 9.17) is 9.15 Å². The number of carbonyl (C=O) groups is 1. The monoisotopic (exact) mass is 338 g/mol. The summed E-state index contributed by atoms with van der Waals surface area (Å²) in [5.41, 5.74) is 0. The van der Waals surface area contributed by atoms with Gasteiger partial charge < -0.3 is 19.2 Å². The minimum atomic E-state index is -0.599. The highest BCUT2D eigenvalue weighted by molar-refractivity contribution is 5.81. The molecule has 1 aromatic heterocycles. The molecule has 0 unspecified atom stereocenters. The summed E-state index contributed by atoms with van der Waals surface area (Å²) in [5.74, 6) is 1.59. The molecule has 8 nitrogen and oxygen atoms in total. The third-order valence-electron chi connectivity index (χ3n) is 4.72. The fraction of sp³-hybridized carbons (Fsp3) is 0.812.